The molecule has 2 nitrogen and oxygen atoms in total. The maximum absolute atomic E-state index is 6.72. The molecule has 0 saturated carbocycles. The van der Waals surface area contributed by atoms with Gasteiger partial charge in [-0.05, 0) is 86.1 Å². The van der Waals surface area contributed by atoms with Crippen molar-refractivity contribution in [2.24, 2.45) is 0 Å². The van der Waals surface area contributed by atoms with Crippen LogP contribution in [0.3, 0.4) is 0 Å². The van der Waals surface area contributed by atoms with Crippen LogP contribution in [0.4, 0.5) is 0 Å². The molecular formula is C31H58O2Si2. The van der Waals surface area contributed by atoms with Gasteiger partial charge in [-0.25, -0.2) is 0 Å². The fourth-order valence-corrected chi connectivity index (χ4v) is 5.49. The molecule has 202 valence electrons. The molecule has 0 unspecified atom stereocenters. The molecule has 1 rings (SSSR count). The van der Waals surface area contributed by atoms with Crippen molar-refractivity contribution in [3.63, 3.8) is 0 Å². The summed E-state index contributed by atoms with van der Waals surface area (Å²) in [5.74, 6) is 2.00. The van der Waals surface area contributed by atoms with Gasteiger partial charge in [-0.1, -0.05) is 92.7 Å². The number of benzene rings is 1. The van der Waals surface area contributed by atoms with Crippen molar-refractivity contribution < 1.29 is 8.85 Å². The molecule has 0 saturated heterocycles. The summed E-state index contributed by atoms with van der Waals surface area (Å²) in [5, 5.41) is 0.350. The molecule has 0 aromatic heterocycles. The standard InChI is InChI=1S/C31H58O2Si2/c1-12-13-14-15-16-17-18-19-20-21-22-23-27-24-28(32-34(8,9)30(2,3)4)26-29(25-27)33-35(10,11)31(5,6)7/h15-16,24-26H,12-14,17-23H2,1-11H3/b16-15+. The van der Waals surface area contributed by atoms with E-state index in [0.717, 1.165) is 17.9 Å². The Morgan fingerprint density at radius 1 is 0.629 bits per heavy atom. The van der Waals surface area contributed by atoms with Crippen LogP contribution in [0.15, 0.2) is 30.4 Å². The van der Waals surface area contributed by atoms with Crippen molar-refractivity contribution in [2.45, 2.75) is 149 Å². The molecule has 35 heavy (non-hydrogen) atoms. The number of unbranched alkanes of at least 4 members (excludes halogenated alkanes) is 7. The number of rotatable bonds is 15. The summed E-state index contributed by atoms with van der Waals surface area (Å²) in [6.45, 7) is 25.4. The van der Waals surface area contributed by atoms with Crippen LogP contribution < -0.4 is 8.85 Å². The number of allylic oxidation sites excluding steroid dienone is 2. The molecule has 4 heteroatoms. The number of aryl methyl sites for hydroxylation is 1. The number of hydrogen-bond donors (Lipinski definition) is 0. The molecule has 0 N–H and O–H groups in total. The van der Waals surface area contributed by atoms with Crippen LogP contribution in [0.1, 0.15) is 112 Å². The predicted molar refractivity (Wildman–Crippen MR) is 162 cm³/mol. The van der Waals surface area contributed by atoms with Crippen LogP contribution in [0.5, 0.6) is 11.5 Å². The molecule has 0 fully saturated rings. The first-order valence-electron chi connectivity index (χ1n) is 14.3. The van der Waals surface area contributed by atoms with E-state index < -0.39 is 16.6 Å². The molecule has 0 atom stereocenters. The summed E-state index contributed by atoms with van der Waals surface area (Å²) in [7, 11) is -3.81. The smallest absolute Gasteiger partial charge is 0.250 e. The van der Waals surface area contributed by atoms with E-state index in [2.05, 4.69) is 105 Å². The summed E-state index contributed by atoms with van der Waals surface area (Å²) >= 11 is 0. The van der Waals surface area contributed by atoms with E-state index in [1.54, 1.807) is 0 Å². The molecule has 1 aromatic rings. The maximum atomic E-state index is 6.72. The second-order valence-corrected chi connectivity index (χ2v) is 22.9. The van der Waals surface area contributed by atoms with Gasteiger partial charge in [0.05, 0.1) is 0 Å². The lowest BCUT2D eigenvalue weighted by Gasteiger charge is -2.38. The largest absolute Gasteiger partial charge is 0.543 e. The Bertz CT molecular complexity index is 721. The van der Waals surface area contributed by atoms with E-state index >= 15 is 0 Å². The molecule has 0 amide bonds. The van der Waals surface area contributed by atoms with Crippen LogP contribution in [0.2, 0.25) is 36.3 Å². The summed E-state index contributed by atoms with van der Waals surface area (Å²) < 4.78 is 13.4. The van der Waals surface area contributed by atoms with Gasteiger partial charge in [0, 0.05) is 6.07 Å². The van der Waals surface area contributed by atoms with Crippen molar-refractivity contribution in [1.29, 1.82) is 0 Å². The maximum Gasteiger partial charge on any atom is 0.250 e. The molecule has 0 spiro atoms. The van der Waals surface area contributed by atoms with Crippen molar-refractivity contribution in [3.8, 4) is 11.5 Å². The minimum atomic E-state index is -1.90. The Morgan fingerprint density at radius 2 is 1.06 bits per heavy atom. The molecule has 0 aliphatic rings. The van der Waals surface area contributed by atoms with Gasteiger partial charge in [-0.2, -0.15) is 0 Å². The Morgan fingerprint density at radius 3 is 1.51 bits per heavy atom. The Hall–Kier alpha value is -1.01. The zero-order valence-corrected chi connectivity index (χ0v) is 27.3. The van der Waals surface area contributed by atoms with Crippen LogP contribution in [0, 0.1) is 0 Å². The molecule has 0 radical (unpaired) electrons. The van der Waals surface area contributed by atoms with Crippen LogP contribution in [-0.4, -0.2) is 16.6 Å². The van der Waals surface area contributed by atoms with Gasteiger partial charge >= 0.3 is 0 Å². The Labute approximate surface area is 221 Å². The molecular weight excluding hydrogens is 461 g/mol. The molecule has 1 aromatic carbocycles. The first kappa shape index (κ1) is 32.0. The highest BCUT2D eigenvalue weighted by atomic mass is 28.4. The molecule has 0 aliphatic heterocycles. The van der Waals surface area contributed by atoms with E-state index in [-0.39, 0.29) is 10.1 Å². The zero-order chi connectivity index (χ0) is 26.8. The Kier molecular flexibility index (Phi) is 12.9. The number of hydrogen-bond acceptors (Lipinski definition) is 2. The van der Waals surface area contributed by atoms with Gasteiger partial charge in [0.25, 0.3) is 0 Å². The summed E-state index contributed by atoms with van der Waals surface area (Å²) in [6.07, 6.45) is 17.5. The van der Waals surface area contributed by atoms with E-state index in [1.165, 1.54) is 63.4 Å². The van der Waals surface area contributed by atoms with Crippen LogP contribution >= 0.6 is 0 Å². The second-order valence-electron chi connectivity index (χ2n) is 13.5. The predicted octanol–water partition coefficient (Wildman–Crippen LogP) is 11.1. The third-order valence-corrected chi connectivity index (χ3v) is 16.7. The highest BCUT2D eigenvalue weighted by Gasteiger charge is 2.40. The SMILES string of the molecule is CCCC/C=C/CCCCCCCc1cc(O[Si](C)(C)C(C)(C)C)cc(O[Si](C)(C)C(C)(C)C)c1. The van der Waals surface area contributed by atoms with Crippen molar-refractivity contribution in [3.05, 3.63) is 35.9 Å². The minimum absolute atomic E-state index is 0.175. The average Bonchev–Trinajstić information content (AvgIpc) is 2.69. The monoisotopic (exact) mass is 518 g/mol. The highest BCUT2D eigenvalue weighted by Crippen LogP contribution is 2.41. The third-order valence-electron chi connectivity index (χ3n) is 8.03. The van der Waals surface area contributed by atoms with Gasteiger partial charge in [-0.15, -0.1) is 0 Å². The van der Waals surface area contributed by atoms with Crippen molar-refractivity contribution >= 4 is 16.6 Å². The topological polar surface area (TPSA) is 18.5 Å². The lowest BCUT2D eigenvalue weighted by Crippen LogP contribution is -2.44. The van der Waals surface area contributed by atoms with Crippen LogP contribution in [-0.2, 0) is 6.42 Å². The van der Waals surface area contributed by atoms with Gasteiger partial charge in [0.15, 0.2) is 0 Å². The normalized spacial score (nSPS) is 13.5. The fraction of sp³-hybridized carbons (Fsp3) is 0.742. The highest BCUT2D eigenvalue weighted by molar-refractivity contribution is 6.75. The summed E-state index contributed by atoms with van der Waals surface area (Å²) in [5.41, 5.74) is 1.36. The lowest BCUT2D eigenvalue weighted by molar-refractivity contribution is 0.473. The zero-order valence-electron chi connectivity index (χ0n) is 25.3. The average molecular weight is 519 g/mol. The van der Waals surface area contributed by atoms with E-state index in [9.17, 15) is 0 Å². The van der Waals surface area contributed by atoms with E-state index in [1.807, 2.05) is 0 Å². The van der Waals surface area contributed by atoms with Gasteiger partial charge in [0.2, 0.25) is 16.6 Å². The fourth-order valence-electron chi connectivity index (χ4n) is 3.47. The van der Waals surface area contributed by atoms with E-state index in [4.69, 9.17) is 8.85 Å². The summed E-state index contributed by atoms with van der Waals surface area (Å²) in [6, 6.07) is 6.71. The summed E-state index contributed by atoms with van der Waals surface area (Å²) in [4.78, 5) is 0. The first-order chi connectivity index (χ1) is 16.1. The minimum Gasteiger partial charge on any atom is -0.543 e. The lowest BCUT2D eigenvalue weighted by atomic mass is 10.0. The second kappa shape index (κ2) is 14.1. The third kappa shape index (κ3) is 11.7. The van der Waals surface area contributed by atoms with Gasteiger partial charge in [-0.3, -0.25) is 0 Å². The Balaban J connectivity index is 2.78. The van der Waals surface area contributed by atoms with Gasteiger partial charge in [0.1, 0.15) is 11.5 Å². The van der Waals surface area contributed by atoms with E-state index in [0.29, 0.717) is 0 Å². The van der Waals surface area contributed by atoms with Crippen molar-refractivity contribution in [2.75, 3.05) is 0 Å². The molecule has 0 bridgehead atoms. The van der Waals surface area contributed by atoms with Gasteiger partial charge < -0.3 is 8.85 Å². The first-order valence-corrected chi connectivity index (χ1v) is 20.1. The molecule has 0 aliphatic carbocycles. The molecule has 0 heterocycles. The van der Waals surface area contributed by atoms with Crippen molar-refractivity contribution in [1.82, 2.24) is 0 Å². The van der Waals surface area contributed by atoms with Crippen LogP contribution in [0.25, 0.3) is 0 Å². The quantitative estimate of drug-likeness (QED) is 0.130.